The molecule has 176 valence electrons. The molecule has 0 bridgehead atoms. The van der Waals surface area contributed by atoms with Crippen LogP contribution < -0.4 is 10.2 Å². The van der Waals surface area contributed by atoms with Gasteiger partial charge in [0.25, 0.3) is 5.91 Å². The number of ether oxygens (including phenoxy) is 1. The van der Waals surface area contributed by atoms with Gasteiger partial charge in [-0.05, 0) is 53.1 Å². The number of fused-ring (bicyclic) bond motifs is 2. The van der Waals surface area contributed by atoms with Crippen molar-refractivity contribution in [2.24, 2.45) is 0 Å². The molecule has 36 heavy (non-hydrogen) atoms. The number of aromatic nitrogens is 1. The molecule has 6 nitrogen and oxygen atoms in total. The molecule has 6 rings (SSSR count). The Labute approximate surface area is 207 Å². The topological polar surface area (TPSA) is 72.6 Å². The van der Waals surface area contributed by atoms with Gasteiger partial charge in [0.1, 0.15) is 17.9 Å². The van der Waals surface area contributed by atoms with Crippen LogP contribution in [-0.2, 0) is 13.2 Å². The smallest absolute Gasteiger partial charge is 0.291 e. The summed E-state index contributed by atoms with van der Waals surface area (Å²) in [5, 5.41) is 0.455. The number of amides is 1. The van der Waals surface area contributed by atoms with Crippen LogP contribution in [0.5, 0.6) is 5.75 Å². The summed E-state index contributed by atoms with van der Waals surface area (Å²) in [6.07, 6.45) is 3.38. The Morgan fingerprint density at radius 1 is 0.833 bits per heavy atom. The van der Waals surface area contributed by atoms with Crippen molar-refractivity contribution in [3.05, 3.63) is 142 Å². The zero-order valence-corrected chi connectivity index (χ0v) is 19.3. The van der Waals surface area contributed by atoms with E-state index in [2.05, 4.69) is 4.98 Å². The SMILES string of the molecule is O=C1c2oc3ccccc3c(=O)c2C(c2cccc(OCc3ccccc3)c2)N1Cc1ccncc1. The van der Waals surface area contributed by atoms with Gasteiger partial charge in [0, 0.05) is 18.9 Å². The summed E-state index contributed by atoms with van der Waals surface area (Å²) in [5.74, 6) is 0.435. The van der Waals surface area contributed by atoms with Crippen LogP contribution in [0.4, 0.5) is 0 Å². The summed E-state index contributed by atoms with van der Waals surface area (Å²) >= 11 is 0. The molecule has 1 aliphatic heterocycles. The summed E-state index contributed by atoms with van der Waals surface area (Å²) in [6, 6.07) is 27.6. The van der Waals surface area contributed by atoms with E-state index in [-0.39, 0.29) is 17.1 Å². The highest BCUT2D eigenvalue weighted by Gasteiger charge is 2.42. The van der Waals surface area contributed by atoms with E-state index < -0.39 is 6.04 Å². The number of carbonyl (C=O) groups excluding carboxylic acids is 1. The molecule has 0 saturated carbocycles. The largest absolute Gasteiger partial charge is 0.489 e. The average molecular weight is 475 g/mol. The van der Waals surface area contributed by atoms with Gasteiger partial charge in [-0.15, -0.1) is 0 Å². The maximum Gasteiger partial charge on any atom is 0.291 e. The van der Waals surface area contributed by atoms with Crippen LogP contribution in [0, 0.1) is 0 Å². The van der Waals surface area contributed by atoms with E-state index in [0.717, 1.165) is 16.7 Å². The molecule has 0 N–H and O–H groups in total. The molecule has 0 spiro atoms. The molecule has 0 radical (unpaired) electrons. The van der Waals surface area contributed by atoms with Crippen molar-refractivity contribution in [2.45, 2.75) is 19.2 Å². The van der Waals surface area contributed by atoms with Crippen molar-refractivity contribution >= 4 is 16.9 Å². The highest BCUT2D eigenvalue weighted by Crippen LogP contribution is 2.40. The zero-order valence-electron chi connectivity index (χ0n) is 19.3. The van der Waals surface area contributed by atoms with E-state index in [9.17, 15) is 9.59 Å². The van der Waals surface area contributed by atoms with Crippen molar-refractivity contribution < 1.29 is 13.9 Å². The summed E-state index contributed by atoms with van der Waals surface area (Å²) < 4.78 is 12.1. The molecule has 6 heteroatoms. The molecule has 1 atom stereocenters. The molecule has 1 aliphatic rings. The standard InChI is InChI=1S/C30H22N2O4/c33-28-24-11-4-5-12-25(24)36-29-26(28)27(32(30(29)34)18-20-13-15-31-16-14-20)22-9-6-10-23(17-22)35-19-21-7-2-1-3-8-21/h1-17,27H,18-19H2. The minimum absolute atomic E-state index is 0.0911. The third-order valence-electron chi connectivity index (χ3n) is 6.40. The van der Waals surface area contributed by atoms with Gasteiger partial charge in [0.05, 0.1) is 17.0 Å². The summed E-state index contributed by atoms with van der Waals surface area (Å²) in [5.41, 5.74) is 3.30. The molecule has 2 aromatic heterocycles. The first kappa shape index (κ1) is 21.8. The number of hydrogen-bond acceptors (Lipinski definition) is 5. The highest BCUT2D eigenvalue weighted by atomic mass is 16.5. The fourth-order valence-corrected chi connectivity index (χ4v) is 4.68. The van der Waals surface area contributed by atoms with Gasteiger partial charge in [0.15, 0.2) is 5.43 Å². The summed E-state index contributed by atoms with van der Waals surface area (Å²) in [7, 11) is 0. The normalized spacial score (nSPS) is 14.7. The molecule has 3 heterocycles. The van der Waals surface area contributed by atoms with Crippen LogP contribution in [0.25, 0.3) is 11.0 Å². The Bertz CT molecular complexity index is 1610. The van der Waals surface area contributed by atoms with Gasteiger partial charge in [0.2, 0.25) is 5.76 Å². The lowest BCUT2D eigenvalue weighted by atomic mass is 9.98. The van der Waals surface area contributed by atoms with Crippen LogP contribution in [0.3, 0.4) is 0 Å². The van der Waals surface area contributed by atoms with Gasteiger partial charge < -0.3 is 14.1 Å². The van der Waals surface area contributed by atoms with Gasteiger partial charge >= 0.3 is 0 Å². The molecule has 1 unspecified atom stereocenters. The maximum absolute atomic E-state index is 13.7. The molecule has 1 amide bonds. The number of para-hydroxylation sites is 1. The molecule has 0 aliphatic carbocycles. The van der Waals surface area contributed by atoms with Gasteiger partial charge in [-0.25, -0.2) is 0 Å². The molecular weight excluding hydrogens is 452 g/mol. The Morgan fingerprint density at radius 3 is 2.44 bits per heavy atom. The van der Waals surface area contributed by atoms with Crippen molar-refractivity contribution in [2.75, 3.05) is 0 Å². The number of carbonyl (C=O) groups is 1. The van der Waals surface area contributed by atoms with Crippen molar-refractivity contribution in [3.63, 3.8) is 0 Å². The minimum Gasteiger partial charge on any atom is -0.489 e. The first-order valence-corrected chi connectivity index (χ1v) is 11.7. The monoisotopic (exact) mass is 474 g/mol. The highest BCUT2D eigenvalue weighted by molar-refractivity contribution is 5.99. The lowest BCUT2D eigenvalue weighted by Crippen LogP contribution is -2.29. The molecular formula is C30H22N2O4. The molecule has 3 aromatic carbocycles. The lowest BCUT2D eigenvalue weighted by molar-refractivity contribution is 0.0714. The van der Waals surface area contributed by atoms with Crippen LogP contribution in [0.15, 0.2) is 113 Å². The fourth-order valence-electron chi connectivity index (χ4n) is 4.68. The predicted octanol–water partition coefficient (Wildman–Crippen LogP) is 5.51. The fraction of sp³-hybridized carbons (Fsp3) is 0.100. The first-order chi connectivity index (χ1) is 17.7. The predicted molar refractivity (Wildman–Crippen MR) is 136 cm³/mol. The summed E-state index contributed by atoms with van der Waals surface area (Å²) in [6.45, 7) is 0.721. The van der Waals surface area contributed by atoms with E-state index in [1.807, 2.05) is 66.7 Å². The Morgan fingerprint density at radius 2 is 1.61 bits per heavy atom. The van der Waals surface area contributed by atoms with Crippen LogP contribution in [0.2, 0.25) is 0 Å². The average Bonchev–Trinajstić information content (AvgIpc) is 3.20. The van der Waals surface area contributed by atoms with Crippen LogP contribution in [-0.4, -0.2) is 15.8 Å². The zero-order chi connectivity index (χ0) is 24.5. The van der Waals surface area contributed by atoms with Gasteiger partial charge in [-0.3, -0.25) is 14.6 Å². The number of rotatable bonds is 6. The van der Waals surface area contributed by atoms with Crippen LogP contribution in [0.1, 0.15) is 38.9 Å². The maximum atomic E-state index is 13.7. The number of nitrogens with zero attached hydrogens (tertiary/aromatic N) is 2. The Hall–Kier alpha value is -4.71. The number of hydrogen-bond donors (Lipinski definition) is 0. The van der Waals surface area contributed by atoms with Crippen molar-refractivity contribution in [1.29, 1.82) is 0 Å². The third-order valence-corrected chi connectivity index (χ3v) is 6.40. The van der Waals surface area contributed by atoms with Crippen molar-refractivity contribution in [1.82, 2.24) is 9.88 Å². The second kappa shape index (κ2) is 9.15. The Kier molecular flexibility index (Phi) is 5.54. The molecule has 0 fully saturated rings. The van der Waals surface area contributed by atoms with Gasteiger partial charge in [-0.1, -0.05) is 54.6 Å². The van der Waals surface area contributed by atoms with E-state index in [0.29, 0.717) is 35.4 Å². The van der Waals surface area contributed by atoms with E-state index in [1.165, 1.54) is 0 Å². The number of benzene rings is 3. The molecule has 5 aromatic rings. The second-order valence-corrected chi connectivity index (χ2v) is 8.71. The quantitative estimate of drug-likeness (QED) is 0.324. The van der Waals surface area contributed by atoms with E-state index in [1.54, 1.807) is 41.6 Å². The first-order valence-electron chi connectivity index (χ1n) is 11.7. The summed E-state index contributed by atoms with van der Waals surface area (Å²) in [4.78, 5) is 33.0. The third kappa shape index (κ3) is 3.92. The number of pyridine rings is 1. The van der Waals surface area contributed by atoms with E-state index >= 15 is 0 Å². The second-order valence-electron chi connectivity index (χ2n) is 8.71. The lowest BCUT2D eigenvalue weighted by Gasteiger charge is -2.25. The van der Waals surface area contributed by atoms with Crippen molar-refractivity contribution in [3.8, 4) is 5.75 Å². The van der Waals surface area contributed by atoms with E-state index in [4.69, 9.17) is 9.15 Å². The van der Waals surface area contributed by atoms with Crippen LogP contribution >= 0.6 is 0 Å². The molecule has 0 saturated heterocycles. The minimum atomic E-state index is -0.609. The van der Waals surface area contributed by atoms with Gasteiger partial charge in [-0.2, -0.15) is 0 Å². The Balaban J connectivity index is 1.44.